The van der Waals surface area contributed by atoms with Crippen LogP contribution in [0.4, 0.5) is 5.69 Å². The molecule has 1 fully saturated rings. The van der Waals surface area contributed by atoms with Crippen molar-refractivity contribution in [3.05, 3.63) is 65.7 Å². The first-order valence-electron chi connectivity index (χ1n) is 12.1. The number of likely N-dealkylation sites (tertiary alicyclic amines) is 1. The van der Waals surface area contributed by atoms with Crippen molar-refractivity contribution in [3.8, 4) is 0 Å². The molecule has 0 radical (unpaired) electrons. The molecule has 2 aromatic rings. The van der Waals surface area contributed by atoms with Crippen molar-refractivity contribution in [2.45, 2.75) is 51.5 Å². The molecule has 2 aliphatic rings. The summed E-state index contributed by atoms with van der Waals surface area (Å²) in [5.41, 5.74) is 3.41. The second-order valence-electron chi connectivity index (χ2n) is 9.09. The fourth-order valence-corrected chi connectivity index (χ4v) is 5.07. The Bertz CT molecular complexity index is 906. The Labute approximate surface area is 191 Å². The molecule has 32 heavy (non-hydrogen) atoms. The first kappa shape index (κ1) is 22.5. The monoisotopic (exact) mass is 433 g/mol. The summed E-state index contributed by atoms with van der Waals surface area (Å²) in [7, 11) is 0. The Morgan fingerprint density at radius 2 is 1.72 bits per heavy atom. The summed E-state index contributed by atoms with van der Waals surface area (Å²) in [4.78, 5) is 29.6. The van der Waals surface area contributed by atoms with Crippen LogP contribution in [0.25, 0.3) is 0 Å². The number of carbonyl (C=O) groups excluding carboxylic acids is 2. The van der Waals surface area contributed by atoms with Crippen LogP contribution in [0.15, 0.2) is 54.6 Å². The van der Waals surface area contributed by atoms with E-state index in [1.165, 1.54) is 24.8 Å². The van der Waals surface area contributed by atoms with Crippen LogP contribution in [0.2, 0.25) is 0 Å². The molecule has 2 aliphatic heterocycles. The number of anilines is 1. The minimum absolute atomic E-state index is 0.00785. The molecular weight excluding hydrogens is 398 g/mol. The van der Waals surface area contributed by atoms with Gasteiger partial charge in [-0.3, -0.25) is 14.5 Å². The van der Waals surface area contributed by atoms with Gasteiger partial charge in [0.15, 0.2) is 0 Å². The number of fused-ring (bicyclic) bond motifs is 1. The molecule has 5 nitrogen and oxygen atoms in total. The zero-order chi connectivity index (χ0) is 22.3. The van der Waals surface area contributed by atoms with Crippen molar-refractivity contribution >= 4 is 17.5 Å². The Morgan fingerprint density at radius 3 is 2.47 bits per heavy atom. The Balaban J connectivity index is 1.18. The number of amides is 2. The average Bonchev–Trinajstić information content (AvgIpc) is 3.23. The quantitative estimate of drug-likeness (QED) is 0.644. The van der Waals surface area contributed by atoms with Crippen LogP contribution in [0.1, 0.15) is 43.7 Å². The molecule has 5 heteroatoms. The number of nitrogens with one attached hydrogen (secondary N) is 1. The Morgan fingerprint density at radius 1 is 1.00 bits per heavy atom. The van der Waals surface area contributed by atoms with Gasteiger partial charge in [-0.2, -0.15) is 0 Å². The van der Waals surface area contributed by atoms with E-state index in [0.29, 0.717) is 19.4 Å². The largest absolute Gasteiger partial charge is 0.354 e. The molecule has 0 spiro atoms. The molecule has 1 atom stereocenters. The van der Waals surface area contributed by atoms with E-state index in [2.05, 4.69) is 40.5 Å². The van der Waals surface area contributed by atoms with E-state index >= 15 is 0 Å². The maximum Gasteiger partial charge on any atom is 0.243 e. The third-order valence-corrected chi connectivity index (χ3v) is 6.87. The van der Waals surface area contributed by atoms with Crippen LogP contribution < -0.4 is 10.2 Å². The van der Waals surface area contributed by atoms with Crippen molar-refractivity contribution in [1.82, 2.24) is 10.2 Å². The highest BCUT2D eigenvalue weighted by Crippen LogP contribution is 2.32. The summed E-state index contributed by atoms with van der Waals surface area (Å²) in [5.74, 6) is 0.748. The number of hydrogen-bond donors (Lipinski definition) is 1. The topological polar surface area (TPSA) is 52.7 Å². The minimum Gasteiger partial charge on any atom is -0.354 e. The van der Waals surface area contributed by atoms with E-state index < -0.39 is 6.04 Å². The van der Waals surface area contributed by atoms with Crippen molar-refractivity contribution in [3.63, 3.8) is 0 Å². The summed E-state index contributed by atoms with van der Waals surface area (Å²) in [6.07, 6.45) is 5.62. The maximum absolute atomic E-state index is 12.9. The fourth-order valence-electron chi connectivity index (χ4n) is 5.07. The molecule has 1 saturated heterocycles. The van der Waals surface area contributed by atoms with Crippen LogP contribution >= 0.6 is 0 Å². The predicted octanol–water partition coefficient (Wildman–Crippen LogP) is 3.82. The first-order valence-corrected chi connectivity index (χ1v) is 12.1. The van der Waals surface area contributed by atoms with Gasteiger partial charge in [0.2, 0.25) is 11.8 Å². The summed E-state index contributed by atoms with van der Waals surface area (Å²) in [6.45, 7) is 5.80. The second kappa shape index (κ2) is 10.8. The van der Waals surface area contributed by atoms with Crippen molar-refractivity contribution in [2.75, 3.05) is 31.1 Å². The van der Waals surface area contributed by atoms with E-state index in [-0.39, 0.29) is 11.8 Å². The number of hydrogen-bond acceptors (Lipinski definition) is 3. The van der Waals surface area contributed by atoms with Gasteiger partial charge < -0.3 is 10.2 Å². The van der Waals surface area contributed by atoms with E-state index in [9.17, 15) is 9.59 Å². The van der Waals surface area contributed by atoms with Crippen LogP contribution in [-0.4, -0.2) is 48.9 Å². The summed E-state index contributed by atoms with van der Waals surface area (Å²) in [5, 5.41) is 3.09. The third-order valence-electron chi connectivity index (χ3n) is 6.87. The van der Waals surface area contributed by atoms with Gasteiger partial charge in [0.05, 0.1) is 0 Å². The van der Waals surface area contributed by atoms with Gasteiger partial charge in [0.1, 0.15) is 6.04 Å². The molecule has 1 N–H and O–H groups in total. The molecule has 170 valence electrons. The number of piperidine rings is 1. The fraction of sp³-hybridized carbons (Fsp3) is 0.481. The summed E-state index contributed by atoms with van der Waals surface area (Å²) in [6, 6.07) is 18.2. The van der Waals surface area contributed by atoms with Gasteiger partial charge >= 0.3 is 0 Å². The molecule has 2 heterocycles. The highest BCUT2D eigenvalue weighted by Gasteiger charge is 2.37. The molecular formula is C27H35N3O2. The second-order valence-corrected chi connectivity index (χ2v) is 9.09. The molecule has 2 amide bonds. The lowest BCUT2D eigenvalue weighted by molar-refractivity contribution is -0.126. The van der Waals surface area contributed by atoms with E-state index in [1.54, 1.807) is 4.90 Å². The molecule has 4 rings (SSSR count). The molecule has 2 aromatic carbocycles. The van der Waals surface area contributed by atoms with Gasteiger partial charge in [-0.1, -0.05) is 55.5 Å². The molecule has 0 unspecified atom stereocenters. The van der Waals surface area contributed by atoms with E-state index in [4.69, 9.17) is 0 Å². The number of nitrogens with zero attached hydrogens (tertiary/aromatic N) is 2. The first-order chi connectivity index (χ1) is 15.7. The average molecular weight is 434 g/mol. The molecule has 0 aliphatic carbocycles. The van der Waals surface area contributed by atoms with Gasteiger partial charge in [0, 0.05) is 25.1 Å². The summed E-state index contributed by atoms with van der Waals surface area (Å²) >= 11 is 0. The predicted molar refractivity (Wildman–Crippen MR) is 129 cm³/mol. The Kier molecular flexibility index (Phi) is 7.59. The molecule has 0 saturated carbocycles. The van der Waals surface area contributed by atoms with Crippen LogP contribution in [0, 0.1) is 5.92 Å². The maximum atomic E-state index is 12.9. The van der Waals surface area contributed by atoms with Gasteiger partial charge in [0.25, 0.3) is 0 Å². The third kappa shape index (κ3) is 5.39. The zero-order valence-electron chi connectivity index (χ0n) is 19.1. The number of benzene rings is 2. The number of para-hydroxylation sites is 1. The molecule has 0 aromatic heterocycles. The van der Waals surface area contributed by atoms with E-state index in [0.717, 1.165) is 43.2 Å². The van der Waals surface area contributed by atoms with E-state index in [1.807, 2.05) is 31.2 Å². The zero-order valence-corrected chi connectivity index (χ0v) is 19.1. The SMILES string of the molecule is CCC(=O)N1c2ccccc2C[C@H]1C(=O)NCCCN1CCC(Cc2ccccc2)CC1. The van der Waals surface area contributed by atoms with Crippen molar-refractivity contribution in [2.24, 2.45) is 5.92 Å². The lowest BCUT2D eigenvalue weighted by atomic mass is 9.90. The minimum atomic E-state index is -0.423. The Hall–Kier alpha value is -2.66. The van der Waals surface area contributed by atoms with Gasteiger partial charge in [-0.25, -0.2) is 0 Å². The standard InChI is InChI=1S/C27H35N3O2/c1-2-26(31)30-24-12-7-6-11-23(24)20-25(30)27(32)28-15-8-16-29-17-13-22(14-18-29)19-21-9-4-3-5-10-21/h3-7,9-12,22,25H,2,8,13-20H2,1H3,(H,28,32)/t25-/m0/s1. The smallest absolute Gasteiger partial charge is 0.243 e. The van der Waals surface area contributed by atoms with Crippen LogP contribution in [-0.2, 0) is 22.4 Å². The van der Waals surface area contributed by atoms with Crippen LogP contribution in [0.5, 0.6) is 0 Å². The van der Waals surface area contributed by atoms with Gasteiger partial charge in [-0.15, -0.1) is 0 Å². The van der Waals surface area contributed by atoms with Crippen molar-refractivity contribution < 1.29 is 9.59 Å². The molecule has 0 bridgehead atoms. The summed E-state index contributed by atoms with van der Waals surface area (Å²) < 4.78 is 0. The highest BCUT2D eigenvalue weighted by atomic mass is 16.2. The lowest BCUT2D eigenvalue weighted by Gasteiger charge is -2.32. The van der Waals surface area contributed by atoms with Crippen LogP contribution in [0.3, 0.4) is 0 Å². The lowest BCUT2D eigenvalue weighted by Crippen LogP contribution is -2.48. The number of carbonyl (C=O) groups is 2. The normalized spacial score (nSPS) is 19.0. The number of rotatable bonds is 8. The highest BCUT2D eigenvalue weighted by molar-refractivity contribution is 6.03. The van der Waals surface area contributed by atoms with Gasteiger partial charge in [-0.05, 0) is 68.4 Å². The van der Waals surface area contributed by atoms with Crippen molar-refractivity contribution in [1.29, 1.82) is 0 Å².